The van der Waals surface area contributed by atoms with Gasteiger partial charge in [0.2, 0.25) is 0 Å². The van der Waals surface area contributed by atoms with E-state index in [1.54, 1.807) is 0 Å². The van der Waals surface area contributed by atoms with Crippen molar-refractivity contribution in [1.29, 1.82) is 0 Å². The van der Waals surface area contributed by atoms with Gasteiger partial charge >= 0.3 is 0 Å². The molecule has 94 valence electrons. The molecule has 2 atom stereocenters. The predicted octanol–water partition coefficient (Wildman–Crippen LogP) is 1.16. The largest absolute Gasteiger partial charge is 0.344 e. The second-order valence-electron chi connectivity index (χ2n) is 5.10. The van der Waals surface area contributed by atoms with E-state index in [9.17, 15) is 4.79 Å². The van der Waals surface area contributed by atoms with Crippen molar-refractivity contribution in [1.82, 2.24) is 14.8 Å². The molecule has 1 aliphatic rings. The van der Waals surface area contributed by atoms with Crippen LogP contribution in [0, 0.1) is 6.92 Å². The summed E-state index contributed by atoms with van der Waals surface area (Å²) in [7, 11) is 1.94. The molecule has 17 heavy (non-hydrogen) atoms. The van der Waals surface area contributed by atoms with Crippen LogP contribution in [0.2, 0.25) is 0 Å². The molecule has 0 unspecified atom stereocenters. The van der Waals surface area contributed by atoms with Crippen LogP contribution in [0.15, 0.2) is 12.1 Å². The maximum absolute atomic E-state index is 12.4. The number of nitrogens with zero attached hydrogens (tertiary/aromatic N) is 2. The first-order valence-electron chi connectivity index (χ1n) is 6.16. The molecule has 1 amide bonds. The van der Waals surface area contributed by atoms with E-state index < -0.39 is 0 Å². The van der Waals surface area contributed by atoms with Crippen LogP contribution < -0.4 is 5.32 Å². The summed E-state index contributed by atoms with van der Waals surface area (Å²) in [5, 5.41) is 3.43. The molecule has 0 bridgehead atoms. The molecule has 1 saturated heterocycles. The molecule has 0 saturated carbocycles. The van der Waals surface area contributed by atoms with Crippen molar-refractivity contribution in [2.24, 2.45) is 7.05 Å². The highest BCUT2D eigenvalue weighted by Crippen LogP contribution is 2.12. The molecule has 1 aromatic rings. The van der Waals surface area contributed by atoms with Crippen LogP contribution in [0.25, 0.3) is 0 Å². The molecule has 1 fully saturated rings. The van der Waals surface area contributed by atoms with E-state index in [2.05, 4.69) is 19.2 Å². The number of hydrogen-bond donors (Lipinski definition) is 1. The molecule has 1 N–H and O–H groups in total. The fourth-order valence-corrected chi connectivity index (χ4v) is 2.48. The summed E-state index contributed by atoms with van der Waals surface area (Å²) in [6.45, 7) is 7.82. The molecule has 0 spiro atoms. The maximum Gasteiger partial charge on any atom is 0.270 e. The van der Waals surface area contributed by atoms with E-state index in [0.717, 1.165) is 24.5 Å². The second kappa shape index (κ2) is 4.53. The molecular weight excluding hydrogens is 214 g/mol. The van der Waals surface area contributed by atoms with Gasteiger partial charge in [-0.05, 0) is 32.9 Å². The number of piperazine rings is 1. The number of aromatic nitrogens is 1. The van der Waals surface area contributed by atoms with Gasteiger partial charge < -0.3 is 14.8 Å². The van der Waals surface area contributed by atoms with Crippen molar-refractivity contribution in [3.05, 3.63) is 23.5 Å². The summed E-state index contributed by atoms with van der Waals surface area (Å²) < 4.78 is 1.96. The van der Waals surface area contributed by atoms with E-state index in [-0.39, 0.29) is 5.91 Å². The predicted molar refractivity (Wildman–Crippen MR) is 68.1 cm³/mol. The van der Waals surface area contributed by atoms with Crippen molar-refractivity contribution in [2.45, 2.75) is 32.9 Å². The SMILES string of the molecule is Cc1ccc(C(=O)N2C[C@@H](C)N[C@@H](C)C2)n1C. The van der Waals surface area contributed by atoms with E-state index in [4.69, 9.17) is 0 Å². The van der Waals surface area contributed by atoms with Crippen LogP contribution in [0.4, 0.5) is 0 Å². The molecule has 0 aromatic carbocycles. The quantitative estimate of drug-likeness (QED) is 0.793. The van der Waals surface area contributed by atoms with Crippen LogP contribution in [0.5, 0.6) is 0 Å². The van der Waals surface area contributed by atoms with Crippen LogP contribution >= 0.6 is 0 Å². The summed E-state index contributed by atoms with van der Waals surface area (Å²) >= 11 is 0. The summed E-state index contributed by atoms with van der Waals surface area (Å²) in [5.74, 6) is 0.140. The maximum atomic E-state index is 12.4. The van der Waals surface area contributed by atoms with Gasteiger partial charge in [-0.25, -0.2) is 0 Å². The van der Waals surface area contributed by atoms with Gasteiger partial charge in [0, 0.05) is 37.9 Å². The number of aryl methyl sites for hydroxylation is 1. The van der Waals surface area contributed by atoms with Crippen molar-refractivity contribution in [2.75, 3.05) is 13.1 Å². The molecule has 2 rings (SSSR count). The summed E-state index contributed by atoms with van der Waals surface area (Å²) in [5.41, 5.74) is 1.90. The van der Waals surface area contributed by atoms with E-state index in [1.807, 2.05) is 35.6 Å². The Morgan fingerprint density at radius 2 is 1.88 bits per heavy atom. The van der Waals surface area contributed by atoms with Gasteiger partial charge in [0.15, 0.2) is 0 Å². The van der Waals surface area contributed by atoms with Crippen molar-refractivity contribution in [3.63, 3.8) is 0 Å². The lowest BCUT2D eigenvalue weighted by Crippen LogP contribution is -2.56. The summed E-state index contributed by atoms with van der Waals surface area (Å²) in [4.78, 5) is 14.3. The lowest BCUT2D eigenvalue weighted by atomic mass is 10.1. The minimum absolute atomic E-state index is 0.140. The Morgan fingerprint density at radius 3 is 2.35 bits per heavy atom. The third-order valence-corrected chi connectivity index (χ3v) is 3.44. The first-order chi connectivity index (χ1) is 7.99. The Labute approximate surface area is 103 Å². The van der Waals surface area contributed by atoms with Crippen LogP contribution in [-0.4, -0.2) is 40.5 Å². The number of carbonyl (C=O) groups excluding carboxylic acids is 1. The monoisotopic (exact) mass is 235 g/mol. The molecule has 0 aliphatic carbocycles. The van der Waals surface area contributed by atoms with E-state index >= 15 is 0 Å². The average Bonchev–Trinajstić information content (AvgIpc) is 2.57. The third kappa shape index (κ3) is 2.36. The first kappa shape index (κ1) is 12.2. The Morgan fingerprint density at radius 1 is 1.29 bits per heavy atom. The second-order valence-corrected chi connectivity index (χ2v) is 5.10. The molecule has 4 nitrogen and oxygen atoms in total. The standard InChI is InChI=1S/C13H21N3O/c1-9-7-16(8-10(2)14-9)13(17)12-6-5-11(3)15(12)4/h5-6,9-10,14H,7-8H2,1-4H3/t9-,10+. The van der Waals surface area contributed by atoms with Crippen LogP contribution in [0.3, 0.4) is 0 Å². The number of carbonyl (C=O) groups is 1. The zero-order chi connectivity index (χ0) is 12.6. The molecule has 4 heteroatoms. The van der Waals surface area contributed by atoms with Gasteiger partial charge in [-0.1, -0.05) is 0 Å². The van der Waals surface area contributed by atoms with Crippen LogP contribution in [-0.2, 0) is 7.05 Å². The van der Waals surface area contributed by atoms with E-state index in [1.165, 1.54) is 0 Å². The number of rotatable bonds is 1. The molecular formula is C13H21N3O. The van der Waals surface area contributed by atoms with Gasteiger partial charge in [0.1, 0.15) is 5.69 Å². The molecule has 1 aliphatic heterocycles. The lowest BCUT2D eigenvalue weighted by Gasteiger charge is -2.36. The van der Waals surface area contributed by atoms with Crippen molar-refractivity contribution >= 4 is 5.91 Å². The molecule has 1 aromatic heterocycles. The van der Waals surface area contributed by atoms with Crippen LogP contribution in [0.1, 0.15) is 30.0 Å². The molecule has 2 heterocycles. The van der Waals surface area contributed by atoms with Crippen molar-refractivity contribution in [3.8, 4) is 0 Å². The fourth-order valence-electron chi connectivity index (χ4n) is 2.48. The third-order valence-electron chi connectivity index (χ3n) is 3.44. The Hall–Kier alpha value is -1.29. The minimum atomic E-state index is 0.140. The Bertz CT molecular complexity index is 414. The highest BCUT2D eigenvalue weighted by Gasteiger charge is 2.26. The van der Waals surface area contributed by atoms with Gasteiger partial charge in [-0.3, -0.25) is 4.79 Å². The number of hydrogen-bond acceptors (Lipinski definition) is 2. The summed E-state index contributed by atoms with van der Waals surface area (Å²) in [6.07, 6.45) is 0. The van der Waals surface area contributed by atoms with Crippen molar-refractivity contribution < 1.29 is 4.79 Å². The summed E-state index contributed by atoms with van der Waals surface area (Å²) in [6, 6.07) is 4.63. The van der Waals surface area contributed by atoms with Gasteiger partial charge in [-0.15, -0.1) is 0 Å². The number of nitrogens with one attached hydrogen (secondary N) is 1. The average molecular weight is 235 g/mol. The fraction of sp³-hybridized carbons (Fsp3) is 0.615. The first-order valence-corrected chi connectivity index (χ1v) is 6.16. The minimum Gasteiger partial charge on any atom is -0.344 e. The zero-order valence-electron chi connectivity index (χ0n) is 11.0. The topological polar surface area (TPSA) is 37.3 Å². The van der Waals surface area contributed by atoms with Gasteiger partial charge in [0.05, 0.1) is 0 Å². The Balaban J connectivity index is 2.17. The van der Waals surface area contributed by atoms with E-state index in [0.29, 0.717) is 12.1 Å². The smallest absolute Gasteiger partial charge is 0.270 e. The lowest BCUT2D eigenvalue weighted by molar-refractivity contribution is 0.0664. The normalized spacial score (nSPS) is 25.1. The highest BCUT2D eigenvalue weighted by atomic mass is 16.2. The number of amides is 1. The van der Waals surface area contributed by atoms with Gasteiger partial charge in [-0.2, -0.15) is 0 Å². The highest BCUT2D eigenvalue weighted by molar-refractivity contribution is 5.93. The van der Waals surface area contributed by atoms with Gasteiger partial charge in [0.25, 0.3) is 5.91 Å². The molecule has 0 radical (unpaired) electrons. The zero-order valence-corrected chi connectivity index (χ0v) is 11.0. The Kier molecular flexibility index (Phi) is 3.24.